The molecule has 96 valence electrons. The number of unbranched alkanes of at least 4 members (excludes halogenated alkanes) is 1. The lowest BCUT2D eigenvalue weighted by Gasteiger charge is -2.28. The molecule has 1 aliphatic rings. The summed E-state index contributed by atoms with van der Waals surface area (Å²) in [5.74, 6) is 0.824. The highest BCUT2D eigenvalue weighted by Crippen LogP contribution is 2.07. The number of amides is 1. The maximum atomic E-state index is 11.7. The molecule has 1 N–H and O–H groups in total. The Morgan fingerprint density at radius 2 is 2.06 bits per heavy atom. The average Bonchev–Trinajstić information content (AvgIpc) is 2.39. The first-order valence-corrected chi connectivity index (χ1v) is 6.39. The van der Waals surface area contributed by atoms with Gasteiger partial charge in [0, 0.05) is 12.1 Å². The number of benzene rings is 1. The lowest BCUT2D eigenvalue weighted by Crippen LogP contribution is -2.51. The molecule has 0 spiro atoms. The Morgan fingerprint density at radius 1 is 1.33 bits per heavy atom. The van der Waals surface area contributed by atoms with Gasteiger partial charge in [-0.2, -0.15) is 0 Å². The zero-order chi connectivity index (χ0) is 13.0. The molecule has 1 aromatic carbocycles. The Kier molecular flexibility index (Phi) is 3.97. The number of nitrogens with zero attached hydrogens (tertiary/aromatic N) is 2. The van der Waals surface area contributed by atoms with Crippen molar-refractivity contribution in [1.82, 2.24) is 10.4 Å². The van der Waals surface area contributed by atoms with Crippen molar-refractivity contribution in [3.8, 4) is 0 Å². The minimum atomic E-state index is 0.0410. The summed E-state index contributed by atoms with van der Waals surface area (Å²) >= 11 is 0. The SMILES string of the molecule is CCCCN1NC(c2ccc(C)cc2)=NCC1=O. The monoisotopic (exact) mass is 245 g/mol. The summed E-state index contributed by atoms with van der Waals surface area (Å²) in [6.07, 6.45) is 2.07. The molecular weight excluding hydrogens is 226 g/mol. The van der Waals surface area contributed by atoms with Crippen molar-refractivity contribution >= 4 is 11.7 Å². The number of carbonyl (C=O) groups excluding carboxylic acids is 1. The summed E-state index contributed by atoms with van der Waals surface area (Å²) < 4.78 is 0. The minimum Gasteiger partial charge on any atom is -0.279 e. The molecule has 0 radical (unpaired) electrons. The molecule has 4 nitrogen and oxygen atoms in total. The van der Waals surface area contributed by atoms with Gasteiger partial charge < -0.3 is 0 Å². The molecule has 2 rings (SSSR count). The van der Waals surface area contributed by atoms with E-state index in [9.17, 15) is 4.79 Å². The number of aliphatic imine (C=N–C) groups is 1. The van der Waals surface area contributed by atoms with Crippen LogP contribution in [0.2, 0.25) is 0 Å². The summed E-state index contributed by atoms with van der Waals surface area (Å²) in [4.78, 5) is 16.0. The molecule has 1 aromatic rings. The number of hydrazine groups is 1. The van der Waals surface area contributed by atoms with Gasteiger partial charge in [0.1, 0.15) is 12.4 Å². The highest BCUT2D eigenvalue weighted by atomic mass is 16.2. The fraction of sp³-hybridized carbons (Fsp3) is 0.429. The second kappa shape index (κ2) is 5.67. The van der Waals surface area contributed by atoms with E-state index >= 15 is 0 Å². The van der Waals surface area contributed by atoms with Gasteiger partial charge in [-0.3, -0.25) is 20.2 Å². The molecular formula is C14H19N3O. The molecule has 0 aromatic heterocycles. The Morgan fingerprint density at radius 3 is 2.72 bits per heavy atom. The molecule has 0 unspecified atom stereocenters. The number of amidine groups is 1. The Balaban J connectivity index is 2.10. The highest BCUT2D eigenvalue weighted by Gasteiger charge is 2.19. The van der Waals surface area contributed by atoms with Crippen LogP contribution in [0, 0.1) is 6.92 Å². The molecule has 1 heterocycles. The third-order valence-corrected chi connectivity index (χ3v) is 2.97. The van der Waals surface area contributed by atoms with Gasteiger partial charge in [-0.25, -0.2) is 0 Å². The lowest BCUT2D eigenvalue weighted by molar-refractivity contribution is -0.132. The normalized spacial score (nSPS) is 15.3. The molecule has 0 saturated heterocycles. The predicted octanol–water partition coefficient (Wildman–Crippen LogP) is 1.89. The molecule has 1 aliphatic heterocycles. The van der Waals surface area contributed by atoms with Crippen molar-refractivity contribution < 1.29 is 4.79 Å². The van der Waals surface area contributed by atoms with Crippen molar-refractivity contribution in [2.75, 3.05) is 13.1 Å². The van der Waals surface area contributed by atoms with Crippen molar-refractivity contribution in [2.24, 2.45) is 4.99 Å². The van der Waals surface area contributed by atoms with Crippen LogP contribution in [-0.4, -0.2) is 29.8 Å². The van der Waals surface area contributed by atoms with Gasteiger partial charge in [-0.1, -0.05) is 43.2 Å². The Labute approximate surface area is 108 Å². The number of hydrogen-bond acceptors (Lipinski definition) is 3. The van der Waals surface area contributed by atoms with E-state index in [2.05, 4.69) is 24.3 Å². The van der Waals surface area contributed by atoms with E-state index in [1.807, 2.05) is 24.3 Å². The molecule has 4 heteroatoms. The summed E-state index contributed by atoms with van der Waals surface area (Å²) in [7, 11) is 0. The maximum Gasteiger partial charge on any atom is 0.262 e. The van der Waals surface area contributed by atoms with E-state index in [1.165, 1.54) is 5.56 Å². The maximum absolute atomic E-state index is 11.7. The van der Waals surface area contributed by atoms with Crippen LogP contribution in [0.1, 0.15) is 30.9 Å². The second-order valence-electron chi connectivity index (χ2n) is 4.54. The smallest absolute Gasteiger partial charge is 0.262 e. The number of rotatable bonds is 4. The van der Waals surface area contributed by atoms with Crippen molar-refractivity contribution in [1.29, 1.82) is 0 Å². The number of hydrogen-bond donors (Lipinski definition) is 1. The van der Waals surface area contributed by atoms with E-state index in [4.69, 9.17) is 0 Å². The molecule has 0 bridgehead atoms. The van der Waals surface area contributed by atoms with Crippen LogP contribution in [0.4, 0.5) is 0 Å². The third-order valence-electron chi connectivity index (χ3n) is 2.97. The Bertz CT molecular complexity index is 451. The van der Waals surface area contributed by atoms with Crippen LogP contribution in [0.3, 0.4) is 0 Å². The average molecular weight is 245 g/mol. The fourth-order valence-corrected chi connectivity index (χ4v) is 1.82. The zero-order valence-electron chi connectivity index (χ0n) is 10.9. The van der Waals surface area contributed by atoms with E-state index < -0.39 is 0 Å². The van der Waals surface area contributed by atoms with Crippen LogP contribution >= 0.6 is 0 Å². The lowest BCUT2D eigenvalue weighted by atomic mass is 10.1. The largest absolute Gasteiger partial charge is 0.279 e. The zero-order valence-corrected chi connectivity index (χ0v) is 10.9. The van der Waals surface area contributed by atoms with Gasteiger partial charge >= 0.3 is 0 Å². The fourth-order valence-electron chi connectivity index (χ4n) is 1.82. The Hall–Kier alpha value is -1.84. The molecule has 0 atom stereocenters. The molecule has 0 saturated carbocycles. The van der Waals surface area contributed by atoms with E-state index in [1.54, 1.807) is 5.01 Å². The third kappa shape index (κ3) is 2.88. The quantitative estimate of drug-likeness (QED) is 0.880. The van der Waals surface area contributed by atoms with E-state index in [0.717, 1.165) is 30.8 Å². The standard InChI is InChI=1S/C14H19N3O/c1-3-4-9-17-13(18)10-15-14(16-17)12-7-5-11(2)6-8-12/h5-8H,3-4,9-10H2,1-2H3,(H,15,16). The van der Waals surface area contributed by atoms with Crippen molar-refractivity contribution in [3.63, 3.8) is 0 Å². The summed E-state index contributed by atoms with van der Waals surface area (Å²) in [6, 6.07) is 8.14. The second-order valence-corrected chi connectivity index (χ2v) is 4.54. The van der Waals surface area contributed by atoms with Gasteiger partial charge in [0.2, 0.25) is 0 Å². The van der Waals surface area contributed by atoms with E-state index in [0.29, 0.717) is 0 Å². The van der Waals surface area contributed by atoms with Gasteiger partial charge in [-0.05, 0) is 13.3 Å². The summed E-state index contributed by atoms with van der Waals surface area (Å²) in [6.45, 7) is 5.14. The predicted molar refractivity (Wildman–Crippen MR) is 72.3 cm³/mol. The van der Waals surface area contributed by atoms with Crippen molar-refractivity contribution in [2.45, 2.75) is 26.7 Å². The first kappa shape index (κ1) is 12.6. The number of nitrogens with one attached hydrogen (secondary N) is 1. The first-order chi connectivity index (χ1) is 8.70. The summed E-state index contributed by atoms with van der Waals surface area (Å²) in [5, 5.41) is 1.67. The van der Waals surface area contributed by atoms with Crippen LogP contribution < -0.4 is 5.43 Å². The van der Waals surface area contributed by atoms with Gasteiger partial charge in [0.05, 0.1) is 0 Å². The molecule has 1 amide bonds. The minimum absolute atomic E-state index is 0.0410. The highest BCUT2D eigenvalue weighted by molar-refractivity contribution is 6.02. The summed E-state index contributed by atoms with van der Waals surface area (Å²) in [5.41, 5.74) is 5.35. The van der Waals surface area contributed by atoms with Crippen LogP contribution in [0.15, 0.2) is 29.3 Å². The molecule has 0 aliphatic carbocycles. The van der Waals surface area contributed by atoms with Gasteiger partial charge in [0.25, 0.3) is 5.91 Å². The van der Waals surface area contributed by atoms with Crippen molar-refractivity contribution in [3.05, 3.63) is 35.4 Å². The molecule has 18 heavy (non-hydrogen) atoms. The number of aryl methyl sites for hydroxylation is 1. The van der Waals surface area contributed by atoms with Crippen LogP contribution in [0.5, 0.6) is 0 Å². The van der Waals surface area contributed by atoms with E-state index in [-0.39, 0.29) is 12.5 Å². The first-order valence-electron chi connectivity index (χ1n) is 6.39. The van der Waals surface area contributed by atoms with Crippen LogP contribution in [-0.2, 0) is 4.79 Å². The van der Waals surface area contributed by atoms with Gasteiger partial charge in [0.15, 0.2) is 0 Å². The van der Waals surface area contributed by atoms with Crippen LogP contribution in [0.25, 0.3) is 0 Å². The topological polar surface area (TPSA) is 44.7 Å². The number of carbonyl (C=O) groups is 1. The van der Waals surface area contributed by atoms with Gasteiger partial charge in [-0.15, -0.1) is 0 Å². The molecule has 0 fully saturated rings.